The first kappa shape index (κ1) is 19.1. The molecule has 0 aliphatic carbocycles. The average Bonchev–Trinajstić information content (AvgIpc) is 3.06. The Balaban J connectivity index is 0.00000208. The third-order valence-electron chi connectivity index (χ3n) is 4.56. The highest BCUT2D eigenvalue weighted by Gasteiger charge is 2.26. The fourth-order valence-electron chi connectivity index (χ4n) is 3.28. The number of hydrogen-bond donors (Lipinski definition) is 1. The van der Waals surface area contributed by atoms with Gasteiger partial charge in [0.2, 0.25) is 0 Å². The van der Waals surface area contributed by atoms with Gasteiger partial charge in [0, 0.05) is 38.8 Å². The topological polar surface area (TPSA) is 78.7 Å². The second-order valence-electron chi connectivity index (χ2n) is 6.20. The Hall–Kier alpha value is -1.22. The first-order chi connectivity index (χ1) is 11.1. The molecule has 0 aromatic carbocycles. The minimum atomic E-state index is -0.447. The van der Waals surface area contributed by atoms with E-state index < -0.39 is 4.92 Å². The van der Waals surface area contributed by atoms with Gasteiger partial charge in [0.1, 0.15) is 0 Å². The molecule has 1 atom stereocenters. The van der Waals surface area contributed by atoms with Gasteiger partial charge in [-0.05, 0) is 37.9 Å². The molecule has 3 rings (SSSR count). The first-order valence-corrected chi connectivity index (χ1v) is 8.91. The fraction of sp³-hybridized carbons (Fsp3) is 0.667. The monoisotopic (exact) mass is 374 g/mol. The van der Waals surface area contributed by atoms with Crippen LogP contribution < -0.4 is 5.32 Å². The van der Waals surface area contributed by atoms with Crippen LogP contribution >= 0.6 is 23.7 Å². The van der Waals surface area contributed by atoms with E-state index in [-0.39, 0.29) is 23.3 Å². The number of piperidine rings is 1. The van der Waals surface area contributed by atoms with Crippen LogP contribution in [0.2, 0.25) is 0 Å². The fourth-order valence-corrected chi connectivity index (χ4v) is 4.06. The van der Waals surface area contributed by atoms with Gasteiger partial charge in [-0.3, -0.25) is 19.8 Å². The minimum absolute atomic E-state index is 0. The summed E-state index contributed by atoms with van der Waals surface area (Å²) in [5.74, 6) is 0.632. The molecule has 1 unspecified atom stereocenters. The molecule has 1 aromatic heterocycles. The second kappa shape index (κ2) is 8.75. The van der Waals surface area contributed by atoms with Crippen molar-refractivity contribution in [2.45, 2.75) is 12.8 Å². The van der Waals surface area contributed by atoms with Crippen molar-refractivity contribution >= 4 is 34.7 Å². The van der Waals surface area contributed by atoms with Gasteiger partial charge >= 0.3 is 5.00 Å². The summed E-state index contributed by atoms with van der Waals surface area (Å²) in [6.45, 7) is 6.49. The molecule has 9 heteroatoms. The highest BCUT2D eigenvalue weighted by molar-refractivity contribution is 7.17. The lowest BCUT2D eigenvalue weighted by molar-refractivity contribution is -0.380. The molecule has 2 aliphatic heterocycles. The molecule has 0 saturated carbocycles. The van der Waals surface area contributed by atoms with E-state index >= 15 is 0 Å². The summed E-state index contributed by atoms with van der Waals surface area (Å²) in [6.07, 6.45) is 2.53. The quantitative estimate of drug-likeness (QED) is 0.642. The Morgan fingerprint density at radius 3 is 2.67 bits per heavy atom. The molecule has 1 N–H and O–H groups in total. The van der Waals surface area contributed by atoms with Gasteiger partial charge in [-0.15, -0.1) is 12.4 Å². The van der Waals surface area contributed by atoms with E-state index in [1.165, 1.54) is 18.9 Å². The Labute approximate surface area is 151 Å². The number of piperazine rings is 1. The summed E-state index contributed by atoms with van der Waals surface area (Å²) in [7, 11) is 0. The largest absolute Gasteiger partial charge is 0.335 e. The van der Waals surface area contributed by atoms with Gasteiger partial charge in [-0.2, -0.15) is 0 Å². The SMILES string of the molecule is Cl.O=C(c1ccc([N+](=O)[O-])s1)N1CCN(CC2CCCNC2)CC1. The summed E-state index contributed by atoms with van der Waals surface area (Å²) >= 11 is 0.960. The predicted molar refractivity (Wildman–Crippen MR) is 96.2 cm³/mol. The maximum absolute atomic E-state index is 12.4. The van der Waals surface area contributed by atoms with Crippen molar-refractivity contribution in [1.82, 2.24) is 15.1 Å². The molecule has 0 radical (unpaired) electrons. The van der Waals surface area contributed by atoms with Gasteiger partial charge in [0.05, 0.1) is 9.80 Å². The molecule has 1 amide bonds. The lowest BCUT2D eigenvalue weighted by Gasteiger charge is -2.37. The molecule has 134 valence electrons. The van der Waals surface area contributed by atoms with E-state index in [2.05, 4.69) is 10.2 Å². The van der Waals surface area contributed by atoms with Gasteiger partial charge in [0.25, 0.3) is 5.91 Å². The van der Waals surface area contributed by atoms with Gasteiger partial charge in [-0.25, -0.2) is 0 Å². The van der Waals surface area contributed by atoms with Crippen molar-refractivity contribution in [2.24, 2.45) is 5.92 Å². The molecular weight excluding hydrogens is 352 g/mol. The van der Waals surface area contributed by atoms with E-state index in [4.69, 9.17) is 0 Å². The van der Waals surface area contributed by atoms with Gasteiger partial charge < -0.3 is 10.2 Å². The Morgan fingerprint density at radius 2 is 2.08 bits per heavy atom. The highest BCUT2D eigenvalue weighted by atomic mass is 35.5. The van der Waals surface area contributed by atoms with Crippen LogP contribution in [0.1, 0.15) is 22.5 Å². The third kappa shape index (κ3) is 4.66. The smallest absolute Gasteiger partial charge is 0.324 e. The molecule has 2 saturated heterocycles. The maximum Gasteiger partial charge on any atom is 0.324 e. The zero-order valence-electron chi connectivity index (χ0n) is 13.5. The lowest BCUT2D eigenvalue weighted by Crippen LogP contribution is -2.50. The van der Waals surface area contributed by atoms with Crippen LogP contribution in [0.3, 0.4) is 0 Å². The Morgan fingerprint density at radius 1 is 1.33 bits per heavy atom. The minimum Gasteiger partial charge on any atom is -0.335 e. The number of rotatable bonds is 4. The van der Waals surface area contributed by atoms with Crippen molar-refractivity contribution in [3.05, 3.63) is 27.1 Å². The van der Waals surface area contributed by atoms with Crippen LogP contribution in [0.25, 0.3) is 0 Å². The maximum atomic E-state index is 12.4. The van der Waals surface area contributed by atoms with Crippen molar-refractivity contribution in [2.75, 3.05) is 45.8 Å². The molecular formula is C15H23ClN4O3S. The average molecular weight is 375 g/mol. The number of hydrogen-bond acceptors (Lipinski definition) is 6. The number of amides is 1. The molecule has 2 aliphatic rings. The molecule has 0 bridgehead atoms. The predicted octanol–water partition coefficient (Wildman–Crippen LogP) is 1.84. The van der Waals surface area contributed by atoms with E-state index in [9.17, 15) is 14.9 Å². The highest BCUT2D eigenvalue weighted by Crippen LogP contribution is 2.25. The number of nitro groups is 1. The number of carbonyl (C=O) groups excluding carboxylic acids is 1. The number of halogens is 1. The lowest BCUT2D eigenvalue weighted by atomic mass is 9.99. The Kier molecular flexibility index (Phi) is 6.97. The summed E-state index contributed by atoms with van der Waals surface area (Å²) in [6, 6.07) is 2.97. The van der Waals surface area contributed by atoms with Crippen molar-refractivity contribution in [3.63, 3.8) is 0 Å². The molecule has 1 aromatic rings. The van der Waals surface area contributed by atoms with Crippen molar-refractivity contribution in [1.29, 1.82) is 0 Å². The van der Waals surface area contributed by atoms with Gasteiger partial charge in [-0.1, -0.05) is 11.3 Å². The normalized spacial score (nSPS) is 22.0. The van der Waals surface area contributed by atoms with Crippen LogP contribution in [-0.2, 0) is 0 Å². The van der Waals surface area contributed by atoms with E-state index in [1.54, 1.807) is 6.07 Å². The summed E-state index contributed by atoms with van der Waals surface area (Å²) in [5, 5.41) is 14.2. The third-order valence-corrected chi connectivity index (χ3v) is 5.58. The van der Waals surface area contributed by atoms with Crippen LogP contribution in [0.15, 0.2) is 12.1 Å². The molecule has 7 nitrogen and oxygen atoms in total. The van der Waals surface area contributed by atoms with Gasteiger partial charge in [0.15, 0.2) is 0 Å². The standard InChI is InChI=1S/C15H22N4O3S.ClH/c20-15(13-3-4-14(23-13)19(21)22)18-8-6-17(7-9-18)11-12-2-1-5-16-10-12;/h3-4,12,16H,1-2,5-11H2;1H. The summed E-state index contributed by atoms with van der Waals surface area (Å²) in [4.78, 5) is 27.4. The van der Waals surface area contributed by atoms with Crippen LogP contribution in [0.5, 0.6) is 0 Å². The van der Waals surface area contributed by atoms with Crippen LogP contribution in [0.4, 0.5) is 5.00 Å². The van der Waals surface area contributed by atoms with Crippen LogP contribution in [-0.4, -0.2) is 66.4 Å². The molecule has 0 spiro atoms. The van der Waals surface area contributed by atoms with E-state index in [0.29, 0.717) is 23.9 Å². The zero-order chi connectivity index (χ0) is 16.2. The van der Waals surface area contributed by atoms with Crippen molar-refractivity contribution < 1.29 is 9.72 Å². The Bertz CT molecular complexity index is 569. The second-order valence-corrected chi connectivity index (χ2v) is 7.26. The number of nitrogens with zero attached hydrogens (tertiary/aromatic N) is 3. The number of nitrogens with one attached hydrogen (secondary N) is 1. The summed E-state index contributed by atoms with van der Waals surface area (Å²) in [5.41, 5.74) is 0. The number of thiophene rings is 1. The van der Waals surface area contributed by atoms with E-state index in [1.807, 2.05) is 4.90 Å². The van der Waals surface area contributed by atoms with Crippen molar-refractivity contribution in [3.8, 4) is 0 Å². The first-order valence-electron chi connectivity index (χ1n) is 8.10. The molecule has 2 fully saturated rings. The van der Waals surface area contributed by atoms with Crippen LogP contribution in [0, 0.1) is 16.0 Å². The molecule has 3 heterocycles. The zero-order valence-corrected chi connectivity index (χ0v) is 15.1. The van der Waals surface area contributed by atoms with E-state index in [0.717, 1.165) is 44.1 Å². The molecule has 24 heavy (non-hydrogen) atoms. The summed E-state index contributed by atoms with van der Waals surface area (Å²) < 4.78 is 0. The number of carbonyl (C=O) groups is 1.